The van der Waals surface area contributed by atoms with Gasteiger partial charge in [-0.1, -0.05) is 54.6 Å². The standard InChI is InChI=1S/C22H21N/c1-23-18-10-11-19(23)14-17(13-18)22-20-8-4-2-6-15(20)12-16-7-3-5-9-21(16)22/h2-9,12-13,18-19H,10-11,14H2,1H3. The quantitative estimate of drug-likeness (QED) is 0.555. The van der Waals surface area contributed by atoms with Crippen LogP contribution in [0.25, 0.3) is 27.1 Å². The van der Waals surface area contributed by atoms with Crippen LogP contribution in [0.1, 0.15) is 24.8 Å². The fourth-order valence-electron chi connectivity index (χ4n) is 4.59. The van der Waals surface area contributed by atoms with E-state index in [4.69, 9.17) is 0 Å². The molecule has 2 bridgehead atoms. The first-order valence-electron chi connectivity index (χ1n) is 8.65. The van der Waals surface area contributed by atoms with Crippen molar-refractivity contribution in [1.82, 2.24) is 4.90 Å². The van der Waals surface area contributed by atoms with Gasteiger partial charge in [-0.15, -0.1) is 0 Å². The SMILES string of the molecule is CN1C2C=C(c3c4ccccc4cc4ccccc34)CC1CC2. The predicted octanol–water partition coefficient (Wildman–Crippen LogP) is 5.24. The molecular weight excluding hydrogens is 278 g/mol. The Morgan fingerprint density at radius 2 is 1.52 bits per heavy atom. The van der Waals surface area contributed by atoms with Gasteiger partial charge in [0.1, 0.15) is 0 Å². The Morgan fingerprint density at radius 3 is 2.17 bits per heavy atom. The number of hydrogen-bond acceptors (Lipinski definition) is 1. The third kappa shape index (κ3) is 1.96. The second kappa shape index (κ2) is 4.94. The van der Waals surface area contributed by atoms with Crippen molar-refractivity contribution in [2.75, 3.05) is 7.05 Å². The zero-order valence-electron chi connectivity index (χ0n) is 13.5. The summed E-state index contributed by atoms with van der Waals surface area (Å²) >= 11 is 0. The van der Waals surface area contributed by atoms with Gasteiger partial charge in [-0.25, -0.2) is 0 Å². The summed E-state index contributed by atoms with van der Waals surface area (Å²) in [6.07, 6.45) is 6.37. The first-order chi connectivity index (χ1) is 11.3. The molecule has 1 saturated heterocycles. The van der Waals surface area contributed by atoms with E-state index in [1.165, 1.54) is 46.4 Å². The molecule has 0 saturated carbocycles. The van der Waals surface area contributed by atoms with E-state index in [9.17, 15) is 0 Å². The molecule has 2 atom stereocenters. The molecule has 1 nitrogen and oxygen atoms in total. The van der Waals surface area contributed by atoms with E-state index in [-0.39, 0.29) is 0 Å². The lowest BCUT2D eigenvalue weighted by Gasteiger charge is -2.31. The Labute approximate surface area is 137 Å². The largest absolute Gasteiger partial charge is 0.297 e. The van der Waals surface area contributed by atoms with Gasteiger partial charge >= 0.3 is 0 Å². The number of benzene rings is 3. The minimum absolute atomic E-state index is 0.626. The van der Waals surface area contributed by atoms with E-state index < -0.39 is 0 Å². The van der Waals surface area contributed by atoms with Crippen molar-refractivity contribution >= 4 is 27.1 Å². The lowest BCUT2D eigenvalue weighted by molar-refractivity contribution is 0.264. The lowest BCUT2D eigenvalue weighted by atomic mass is 9.87. The second-order valence-corrected chi connectivity index (χ2v) is 7.05. The van der Waals surface area contributed by atoms with E-state index in [0.29, 0.717) is 6.04 Å². The van der Waals surface area contributed by atoms with Crippen LogP contribution in [0.2, 0.25) is 0 Å². The minimum Gasteiger partial charge on any atom is -0.297 e. The normalized spacial score (nSPS) is 24.3. The van der Waals surface area contributed by atoms with E-state index in [2.05, 4.69) is 72.6 Å². The number of likely N-dealkylation sites (N-methyl/N-ethyl adjacent to an activating group) is 1. The third-order valence-corrected chi connectivity index (χ3v) is 5.84. The van der Waals surface area contributed by atoms with E-state index in [0.717, 1.165) is 6.04 Å². The van der Waals surface area contributed by atoms with Gasteiger partial charge < -0.3 is 0 Å². The number of nitrogens with zero attached hydrogens (tertiary/aromatic N) is 1. The summed E-state index contributed by atoms with van der Waals surface area (Å²) in [5.74, 6) is 0. The highest BCUT2D eigenvalue weighted by Gasteiger charge is 2.34. The van der Waals surface area contributed by atoms with Crippen LogP contribution < -0.4 is 0 Å². The lowest BCUT2D eigenvalue weighted by Crippen LogP contribution is -2.34. The van der Waals surface area contributed by atoms with Crippen LogP contribution in [0.4, 0.5) is 0 Å². The molecular formula is C22H21N. The van der Waals surface area contributed by atoms with Gasteiger partial charge in [0.05, 0.1) is 0 Å². The van der Waals surface area contributed by atoms with Crippen molar-refractivity contribution in [3.63, 3.8) is 0 Å². The summed E-state index contributed by atoms with van der Waals surface area (Å²) in [5, 5.41) is 5.52. The summed E-state index contributed by atoms with van der Waals surface area (Å²) in [4.78, 5) is 2.57. The van der Waals surface area contributed by atoms with Gasteiger partial charge in [-0.05, 0) is 65.1 Å². The van der Waals surface area contributed by atoms with Gasteiger partial charge in [-0.2, -0.15) is 0 Å². The third-order valence-electron chi connectivity index (χ3n) is 5.84. The van der Waals surface area contributed by atoms with Crippen molar-refractivity contribution in [3.05, 3.63) is 66.2 Å². The van der Waals surface area contributed by atoms with Gasteiger partial charge in [0.2, 0.25) is 0 Å². The Bertz CT molecular complexity index is 883. The van der Waals surface area contributed by atoms with Crippen molar-refractivity contribution in [3.8, 4) is 0 Å². The van der Waals surface area contributed by atoms with E-state index in [1.807, 2.05) is 0 Å². The van der Waals surface area contributed by atoms with Crippen LogP contribution in [-0.4, -0.2) is 24.0 Å². The molecule has 0 N–H and O–H groups in total. The molecule has 23 heavy (non-hydrogen) atoms. The average molecular weight is 299 g/mol. The molecule has 1 fully saturated rings. The number of rotatable bonds is 1. The molecule has 0 spiro atoms. The summed E-state index contributed by atoms with van der Waals surface area (Å²) < 4.78 is 0. The van der Waals surface area contributed by atoms with Crippen molar-refractivity contribution < 1.29 is 0 Å². The Balaban J connectivity index is 1.84. The molecule has 2 unspecified atom stereocenters. The maximum atomic E-state index is 2.57. The van der Waals surface area contributed by atoms with E-state index >= 15 is 0 Å². The van der Waals surface area contributed by atoms with Crippen LogP contribution in [0.3, 0.4) is 0 Å². The van der Waals surface area contributed by atoms with Crippen LogP contribution in [0.5, 0.6) is 0 Å². The molecule has 0 aliphatic carbocycles. The van der Waals surface area contributed by atoms with Crippen LogP contribution in [0.15, 0.2) is 60.7 Å². The smallest absolute Gasteiger partial charge is 0.0284 e. The molecule has 114 valence electrons. The fourth-order valence-corrected chi connectivity index (χ4v) is 4.59. The molecule has 2 aliphatic rings. The maximum absolute atomic E-state index is 2.57. The van der Waals surface area contributed by atoms with Gasteiger partial charge in [-0.3, -0.25) is 4.90 Å². The highest BCUT2D eigenvalue weighted by molar-refractivity contribution is 6.09. The van der Waals surface area contributed by atoms with Gasteiger partial charge in [0.15, 0.2) is 0 Å². The van der Waals surface area contributed by atoms with Gasteiger partial charge in [0, 0.05) is 12.1 Å². The molecule has 3 aromatic rings. The van der Waals surface area contributed by atoms with Crippen LogP contribution >= 0.6 is 0 Å². The Hall–Kier alpha value is -2.12. The summed E-state index contributed by atoms with van der Waals surface area (Å²) in [5.41, 5.74) is 3.03. The maximum Gasteiger partial charge on any atom is 0.0284 e. The molecule has 0 radical (unpaired) electrons. The predicted molar refractivity (Wildman–Crippen MR) is 98.6 cm³/mol. The zero-order chi connectivity index (χ0) is 15.4. The first kappa shape index (κ1) is 13.3. The molecule has 0 amide bonds. The Kier molecular flexibility index (Phi) is 2.86. The summed E-state index contributed by atoms with van der Waals surface area (Å²) in [6.45, 7) is 0. The van der Waals surface area contributed by atoms with Crippen molar-refractivity contribution in [1.29, 1.82) is 0 Å². The van der Waals surface area contributed by atoms with Crippen molar-refractivity contribution in [2.24, 2.45) is 0 Å². The number of fused-ring (bicyclic) bond motifs is 4. The monoisotopic (exact) mass is 299 g/mol. The molecule has 1 heteroatoms. The highest BCUT2D eigenvalue weighted by Crippen LogP contribution is 2.42. The second-order valence-electron chi connectivity index (χ2n) is 7.05. The minimum atomic E-state index is 0.626. The van der Waals surface area contributed by atoms with E-state index in [1.54, 1.807) is 5.57 Å². The average Bonchev–Trinajstić information content (AvgIpc) is 2.81. The van der Waals surface area contributed by atoms with Crippen LogP contribution in [-0.2, 0) is 0 Å². The molecule has 2 heterocycles. The molecule has 5 rings (SSSR count). The number of hydrogen-bond donors (Lipinski definition) is 0. The fraction of sp³-hybridized carbons (Fsp3) is 0.273. The zero-order valence-corrected chi connectivity index (χ0v) is 13.5. The summed E-state index contributed by atoms with van der Waals surface area (Å²) in [6, 6.07) is 21.4. The molecule has 3 aromatic carbocycles. The summed E-state index contributed by atoms with van der Waals surface area (Å²) in [7, 11) is 2.29. The van der Waals surface area contributed by atoms with Crippen molar-refractivity contribution in [2.45, 2.75) is 31.3 Å². The topological polar surface area (TPSA) is 3.24 Å². The highest BCUT2D eigenvalue weighted by atomic mass is 15.2. The van der Waals surface area contributed by atoms with Crippen LogP contribution in [0, 0.1) is 0 Å². The molecule has 2 aliphatic heterocycles. The Morgan fingerprint density at radius 1 is 0.870 bits per heavy atom. The molecule has 0 aromatic heterocycles. The van der Waals surface area contributed by atoms with Gasteiger partial charge in [0.25, 0.3) is 0 Å². The first-order valence-corrected chi connectivity index (χ1v) is 8.65.